The third-order valence-corrected chi connectivity index (χ3v) is 5.20. The molecule has 3 aromatic rings. The van der Waals surface area contributed by atoms with Gasteiger partial charge in [0.2, 0.25) is 5.91 Å². The number of aromatic nitrogens is 6. The highest BCUT2D eigenvalue weighted by Gasteiger charge is 2.28. The zero-order valence-corrected chi connectivity index (χ0v) is 17.4. The number of carbonyl (C=O) groups is 1. The van der Waals surface area contributed by atoms with Crippen LogP contribution in [0.15, 0.2) is 24.3 Å². The fourth-order valence-corrected chi connectivity index (χ4v) is 3.56. The molecule has 1 saturated carbocycles. The van der Waals surface area contributed by atoms with E-state index in [9.17, 15) is 4.79 Å². The number of hydrogen-bond acceptors (Lipinski definition) is 5. The second-order valence-electron chi connectivity index (χ2n) is 8.21. The molecule has 0 spiro atoms. The molecular formula is C21H27N7O. The van der Waals surface area contributed by atoms with E-state index in [1.54, 1.807) is 0 Å². The van der Waals surface area contributed by atoms with E-state index in [1.807, 2.05) is 47.5 Å². The van der Waals surface area contributed by atoms with Crippen molar-refractivity contribution in [3.05, 3.63) is 41.2 Å². The number of anilines is 1. The van der Waals surface area contributed by atoms with E-state index in [0.29, 0.717) is 18.4 Å². The van der Waals surface area contributed by atoms with E-state index in [2.05, 4.69) is 39.8 Å². The summed E-state index contributed by atoms with van der Waals surface area (Å²) in [6.07, 6.45) is 2.52. The lowest BCUT2D eigenvalue weighted by atomic mass is 10.1. The van der Waals surface area contributed by atoms with Gasteiger partial charge in [0.25, 0.3) is 0 Å². The molecule has 1 aliphatic carbocycles. The highest BCUT2D eigenvalue weighted by molar-refractivity contribution is 5.93. The lowest BCUT2D eigenvalue weighted by Gasteiger charge is -2.09. The van der Waals surface area contributed by atoms with Crippen molar-refractivity contribution in [1.29, 1.82) is 0 Å². The van der Waals surface area contributed by atoms with Gasteiger partial charge in [0.1, 0.15) is 0 Å². The summed E-state index contributed by atoms with van der Waals surface area (Å²) in [6.45, 7) is 9.17. The Hall–Kier alpha value is -3.03. The van der Waals surface area contributed by atoms with E-state index in [1.165, 1.54) is 0 Å². The Kier molecular flexibility index (Phi) is 5.17. The molecule has 1 aliphatic rings. The molecule has 1 fully saturated rings. The lowest BCUT2D eigenvalue weighted by molar-refractivity contribution is -0.115. The molecule has 29 heavy (non-hydrogen) atoms. The van der Waals surface area contributed by atoms with Crippen LogP contribution >= 0.6 is 0 Å². The Balaban J connectivity index is 1.48. The molecule has 4 rings (SSSR count). The molecule has 0 bridgehead atoms. The Morgan fingerprint density at radius 1 is 1.28 bits per heavy atom. The fraction of sp³-hybridized carbons (Fsp3) is 0.476. The number of nitrogens with one attached hydrogen (secondary N) is 1. The number of amides is 1. The number of nitrogens with zero attached hydrogens (tertiary/aromatic N) is 6. The maximum atomic E-state index is 12.7. The number of carbonyl (C=O) groups excluding carboxylic acids is 1. The first-order chi connectivity index (χ1) is 13.9. The van der Waals surface area contributed by atoms with Crippen molar-refractivity contribution in [2.75, 3.05) is 5.32 Å². The summed E-state index contributed by atoms with van der Waals surface area (Å²) in [7, 11) is 0. The van der Waals surface area contributed by atoms with E-state index >= 15 is 0 Å². The predicted octanol–water partition coefficient (Wildman–Crippen LogP) is 3.33. The number of benzene rings is 1. The largest absolute Gasteiger partial charge is 0.326 e. The number of rotatable bonds is 7. The zero-order valence-electron chi connectivity index (χ0n) is 17.4. The third kappa shape index (κ3) is 4.21. The van der Waals surface area contributed by atoms with Gasteiger partial charge in [-0.3, -0.25) is 9.48 Å². The van der Waals surface area contributed by atoms with Crippen molar-refractivity contribution < 1.29 is 4.79 Å². The Labute approximate surface area is 170 Å². The summed E-state index contributed by atoms with van der Waals surface area (Å²) in [6, 6.07) is 8.07. The summed E-state index contributed by atoms with van der Waals surface area (Å²) in [5.41, 5.74) is 4.61. The summed E-state index contributed by atoms with van der Waals surface area (Å²) < 4.78 is 3.87. The van der Waals surface area contributed by atoms with Gasteiger partial charge in [0, 0.05) is 29.1 Å². The molecule has 0 aliphatic heterocycles. The first kappa shape index (κ1) is 19.3. The maximum Gasteiger partial charge on any atom is 0.228 e. The van der Waals surface area contributed by atoms with E-state index in [0.717, 1.165) is 53.4 Å². The van der Waals surface area contributed by atoms with Crippen molar-refractivity contribution in [2.24, 2.45) is 5.92 Å². The van der Waals surface area contributed by atoms with Crippen LogP contribution in [0.4, 0.5) is 5.69 Å². The van der Waals surface area contributed by atoms with Crippen molar-refractivity contribution in [1.82, 2.24) is 30.0 Å². The predicted molar refractivity (Wildman–Crippen MR) is 110 cm³/mol. The molecule has 8 nitrogen and oxygen atoms in total. The summed E-state index contributed by atoms with van der Waals surface area (Å²) in [5, 5.41) is 19.7. The van der Waals surface area contributed by atoms with Crippen molar-refractivity contribution >= 4 is 11.6 Å². The normalized spacial score (nSPS) is 13.8. The second kappa shape index (κ2) is 7.77. The molecule has 2 aromatic heterocycles. The SMILES string of the molecule is Cc1nn(CC(C)C)c(C)c1CC(=O)Nc1cccc(-c2nnnn2C2CC2)c1. The molecule has 2 heterocycles. The number of hydrogen-bond donors (Lipinski definition) is 1. The minimum absolute atomic E-state index is 0.0563. The molecule has 0 atom stereocenters. The van der Waals surface area contributed by atoms with E-state index in [4.69, 9.17) is 0 Å². The average Bonchev–Trinajstić information content (AvgIpc) is 3.34. The smallest absolute Gasteiger partial charge is 0.228 e. The molecule has 1 N–H and O–H groups in total. The summed E-state index contributed by atoms with van der Waals surface area (Å²) in [4.78, 5) is 12.7. The highest BCUT2D eigenvalue weighted by atomic mass is 16.1. The van der Waals surface area contributed by atoms with Crippen LogP contribution < -0.4 is 5.32 Å². The minimum Gasteiger partial charge on any atom is -0.326 e. The van der Waals surface area contributed by atoms with E-state index < -0.39 is 0 Å². The minimum atomic E-state index is -0.0563. The van der Waals surface area contributed by atoms with Gasteiger partial charge >= 0.3 is 0 Å². The van der Waals surface area contributed by atoms with Crippen LogP contribution in [0.2, 0.25) is 0 Å². The van der Waals surface area contributed by atoms with Crippen LogP contribution in [0.5, 0.6) is 0 Å². The fourth-order valence-electron chi connectivity index (χ4n) is 3.56. The average molecular weight is 393 g/mol. The van der Waals surface area contributed by atoms with Crippen molar-refractivity contribution in [3.63, 3.8) is 0 Å². The molecule has 1 aromatic carbocycles. The first-order valence-corrected chi connectivity index (χ1v) is 10.1. The van der Waals surface area contributed by atoms with Gasteiger partial charge in [-0.05, 0) is 55.2 Å². The zero-order chi connectivity index (χ0) is 20.5. The molecular weight excluding hydrogens is 366 g/mol. The van der Waals surface area contributed by atoms with Crippen molar-refractivity contribution in [2.45, 2.75) is 59.5 Å². The Bertz CT molecular complexity index is 1030. The van der Waals surface area contributed by atoms with Gasteiger partial charge in [-0.25, -0.2) is 4.68 Å². The molecule has 8 heteroatoms. The van der Waals surface area contributed by atoms with Gasteiger partial charge in [0.15, 0.2) is 5.82 Å². The summed E-state index contributed by atoms with van der Waals surface area (Å²) >= 11 is 0. The van der Waals surface area contributed by atoms with Crippen molar-refractivity contribution in [3.8, 4) is 11.4 Å². The van der Waals surface area contributed by atoms with E-state index in [-0.39, 0.29) is 5.91 Å². The van der Waals surface area contributed by atoms with Crippen LogP contribution in [0, 0.1) is 19.8 Å². The highest BCUT2D eigenvalue weighted by Crippen LogP contribution is 2.36. The topological polar surface area (TPSA) is 90.5 Å². The standard InChI is InChI=1S/C21H27N7O/c1-13(2)12-27-15(4)19(14(3)24-27)11-20(29)22-17-7-5-6-16(10-17)21-23-25-26-28(21)18-8-9-18/h5-7,10,13,18H,8-9,11-12H2,1-4H3,(H,22,29). The monoisotopic (exact) mass is 393 g/mol. The van der Waals surface area contributed by atoms with Gasteiger partial charge in [0.05, 0.1) is 18.2 Å². The molecule has 0 unspecified atom stereocenters. The van der Waals surface area contributed by atoms with Crippen LogP contribution in [0.1, 0.15) is 49.7 Å². The number of aryl methyl sites for hydroxylation is 1. The quantitative estimate of drug-likeness (QED) is 0.665. The first-order valence-electron chi connectivity index (χ1n) is 10.1. The second-order valence-corrected chi connectivity index (χ2v) is 8.21. The Morgan fingerprint density at radius 3 is 2.79 bits per heavy atom. The lowest BCUT2D eigenvalue weighted by Crippen LogP contribution is -2.15. The van der Waals surface area contributed by atoms with Crippen LogP contribution in [0.25, 0.3) is 11.4 Å². The van der Waals surface area contributed by atoms with Gasteiger partial charge in [-0.2, -0.15) is 5.10 Å². The summed E-state index contributed by atoms with van der Waals surface area (Å²) in [5.74, 6) is 1.19. The Morgan fingerprint density at radius 2 is 2.07 bits per heavy atom. The molecule has 0 saturated heterocycles. The number of tetrazole rings is 1. The van der Waals surface area contributed by atoms with Crippen LogP contribution in [0.3, 0.4) is 0 Å². The van der Waals surface area contributed by atoms with Crippen LogP contribution in [-0.4, -0.2) is 35.9 Å². The van der Waals surface area contributed by atoms with Gasteiger partial charge in [-0.15, -0.1) is 5.10 Å². The maximum absolute atomic E-state index is 12.7. The van der Waals surface area contributed by atoms with Gasteiger partial charge < -0.3 is 5.32 Å². The van der Waals surface area contributed by atoms with Gasteiger partial charge in [-0.1, -0.05) is 26.0 Å². The third-order valence-electron chi connectivity index (χ3n) is 5.20. The molecule has 1 amide bonds. The molecule has 152 valence electrons. The molecule has 0 radical (unpaired) electrons. The van der Waals surface area contributed by atoms with Crippen LogP contribution in [-0.2, 0) is 17.8 Å².